The van der Waals surface area contributed by atoms with Gasteiger partial charge in [-0.1, -0.05) is 23.4 Å². The Hall–Kier alpha value is -3.00. The number of amides is 1. The number of benzene rings is 1. The van der Waals surface area contributed by atoms with Gasteiger partial charge in [-0.05, 0) is 37.6 Å². The molecule has 0 aliphatic carbocycles. The van der Waals surface area contributed by atoms with Crippen molar-refractivity contribution in [2.45, 2.75) is 31.8 Å². The average molecular weight is 366 g/mol. The second-order valence-electron chi connectivity index (χ2n) is 6.64. The number of carbonyl (C=O) groups excluding carboxylic acids is 1. The Morgan fingerprint density at radius 3 is 3.00 bits per heavy atom. The summed E-state index contributed by atoms with van der Waals surface area (Å²) in [6, 6.07) is 11.5. The summed E-state index contributed by atoms with van der Waals surface area (Å²) in [6.07, 6.45) is 4.15. The number of carbonyl (C=O) groups is 1. The van der Waals surface area contributed by atoms with Crippen molar-refractivity contribution < 1.29 is 9.32 Å². The van der Waals surface area contributed by atoms with Crippen LogP contribution in [0.15, 0.2) is 47.1 Å². The van der Waals surface area contributed by atoms with Crippen LogP contribution in [-0.2, 0) is 17.9 Å². The quantitative estimate of drug-likeness (QED) is 0.689. The summed E-state index contributed by atoms with van der Waals surface area (Å²) in [5.74, 6) is 1.17. The van der Waals surface area contributed by atoms with Crippen LogP contribution in [0.25, 0.3) is 11.5 Å². The molecule has 3 heterocycles. The zero-order chi connectivity index (χ0) is 18.5. The van der Waals surface area contributed by atoms with Gasteiger partial charge in [0.2, 0.25) is 5.91 Å². The molecule has 1 saturated heterocycles. The Balaban J connectivity index is 1.29. The highest BCUT2D eigenvalue weighted by Gasteiger charge is 2.18. The van der Waals surface area contributed by atoms with Crippen LogP contribution < -0.4 is 10.6 Å². The fourth-order valence-corrected chi connectivity index (χ4v) is 3.19. The van der Waals surface area contributed by atoms with E-state index in [1.54, 1.807) is 4.68 Å². The Bertz CT molecular complexity index is 883. The number of nitrogens with zero attached hydrogens (tertiary/aromatic N) is 4. The molecule has 4 rings (SSSR count). The highest BCUT2D eigenvalue weighted by atomic mass is 16.5. The Kier molecular flexibility index (Phi) is 5.24. The molecule has 1 aliphatic rings. The van der Waals surface area contributed by atoms with Gasteiger partial charge in [0.25, 0.3) is 5.89 Å². The standard InChI is InChI=1S/C19H22N6O2/c26-18(13-25-10-8-16(23-25)15-7-4-9-20-11-15)21-12-17-22-19(27-24-17)14-5-2-1-3-6-14/h1-3,5-6,8,10,15,20H,4,7,9,11-13H2,(H,21,26)/t15-/m0/s1. The van der Waals surface area contributed by atoms with Crippen LogP contribution in [0.2, 0.25) is 0 Å². The second-order valence-corrected chi connectivity index (χ2v) is 6.64. The SMILES string of the molecule is O=C(Cn1ccc([C@H]2CCCNC2)n1)NCc1noc(-c2ccccc2)n1. The van der Waals surface area contributed by atoms with E-state index < -0.39 is 0 Å². The van der Waals surface area contributed by atoms with Crippen molar-refractivity contribution >= 4 is 5.91 Å². The first-order chi connectivity index (χ1) is 13.3. The number of aromatic nitrogens is 4. The minimum atomic E-state index is -0.141. The first-order valence-corrected chi connectivity index (χ1v) is 9.17. The lowest BCUT2D eigenvalue weighted by Gasteiger charge is -2.20. The normalized spacial score (nSPS) is 17.0. The van der Waals surface area contributed by atoms with Gasteiger partial charge in [0.15, 0.2) is 5.82 Å². The molecule has 3 aromatic rings. The third-order valence-corrected chi connectivity index (χ3v) is 4.61. The molecule has 0 radical (unpaired) electrons. The van der Waals surface area contributed by atoms with Gasteiger partial charge >= 0.3 is 0 Å². The van der Waals surface area contributed by atoms with Crippen LogP contribution in [0.3, 0.4) is 0 Å². The molecule has 1 aromatic carbocycles. The summed E-state index contributed by atoms with van der Waals surface area (Å²) in [6.45, 7) is 2.41. The van der Waals surface area contributed by atoms with Gasteiger partial charge in [-0.25, -0.2) is 0 Å². The van der Waals surface area contributed by atoms with E-state index >= 15 is 0 Å². The van der Waals surface area contributed by atoms with Gasteiger partial charge in [-0.3, -0.25) is 9.48 Å². The molecule has 2 aromatic heterocycles. The third-order valence-electron chi connectivity index (χ3n) is 4.61. The van der Waals surface area contributed by atoms with E-state index in [2.05, 4.69) is 25.9 Å². The molecule has 1 amide bonds. The lowest BCUT2D eigenvalue weighted by molar-refractivity contribution is -0.122. The number of piperidine rings is 1. The van der Waals surface area contributed by atoms with Gasteiger partial charge in [0, 0.05) is 24.2 Å². The molecule has 0 saturated carbocycles. The van der Waals surface area contributed by atoms with E-state index in [4.69, 9.17) is 4.52 Å². The molecule has 8 nitrogen and oxygen atoms in total. The predicted octanol–water partition coefficient (Wildman–Crippen LogP) is 1.72. The molecule has 27 heavy (non-hydrogen) atoms. The van der Waals surface area contributed by atoms with Crippen molar-refractivity contribution in [2.75, 3.05) is 13.1 Å². The van der Waals surface area contributed by atoms with Crippen LogP contribution in [0.4, 0.5) is 0 Å². The van der Waals surface area contributed by atoms with Crippen LogP contribution >= 0.6 is 0 Å². The van der Waals surface area contributed by atoms with E-state index in [0.717, 1.165) is 37.2 Å². The van der Waals surface area contributed by atoms with Gasteiger partial charge in [0.1, 0.15) is 6.54 Å². The maximum Gasteiger partial charge on any atom is 0.257 e. The van der Waals surface area contributed by atoms with Crippen molar-refractivity contribution in [3.63, 3.8) is 0 Å². The third kappa shape index (κ3) is 4.40. The summed E-state index contributed by atoms with van der Waals surface area (Å²) in [5.41, 5.74) is 1.89. The lowest BCUT2D eigenvalue weighted by atomic mass is 9.97. The molecular weight excluding hydrogens is 344 g/mol. The van der Waals surface area contributed by atoms with Crippen LogP contribution in [0.1, 0.15) is 30.3 Å². The van der Waals surface area contributed by atoms with Crippen LogP contribution in [0, 0.1) is 0 Å². The van der Waals surface area contributed by atoms with E-state index in [1.807, 2.05) is 42.6 Å². The minimum absolute atomic E-state index is 0.141. The van der Waals surface area contributed by atoms with Gasteiger partial charge in [0.05, 0.1) is 12.2 Å². The lowest BCUT2D eigenvalue weighted by Crippen LogP contribution is -2.29. The first-order valence-electron chi connectivity index (χ1n) is 9.17. The van der Waals surface area contributed by atoms with Gasteiger partial charge in [-0.15, -0.1) is 0 Å². The van der Waals surface area contributed by atoms with E-state index in [9.17, 15) is 4.79 Å². The van der Waals surface area contributed by atoms with Crippen LogP contribution in [0.5, 0.6) is 0 Å². The Morgan fingerprint density at radius 2 is 2.19 bits per heavy atom. The van der Waals surface area contributed by atoms with Crippen molar-refractivity contribution in [3.05, 3.63) is 54.1 Å². The van der Waals surface area contributed by atoms with Crippen molar-refractivity contribution in [1.29, 1.82) is 0 Å². The summed E-state index contributed by atoms with van der Waals surface area (Å²) in [4.78, 5) is 16.5. The molecule has 140 valence electrons. The minimum Gasteiger partial charge on any atom is -0.347 e. The van der Waals surface area contributed by atoms with Crippen molar-refractivity contribution in [1.82, 2.24) is 30.6 Å². The summed E-state index contributed by atoms with van der Waals surface area (Å²) in [7, 11) is 0. The molecule has 0 unspecified atom stereocenters. The fourth-order valence-electron chi connectivity index (χ4n) is 3.19. The molecule has 0 spiro atoms. The maximum atomic E-state index is 12.2. The smallest absolute Gasteiger partial charge is 0.257 e. The molecule has 1 aliphatic heterocycles. The summed E-state index contributed by atoms with van der Waals surface area (Å²) in [5, 5.41) is 14.6. The predicted molar refractivity (Wildman–Crippen MR) is 98.7 cm³/mol. The average Bonchev–Trinajstić information content (AvgIpc) is 3.37. The van der Waals surface area contributed by atoms with Crippen molar-refractivity contribution in [2.24, 2.45) is 0 Å². The monoisotopic (exact) mass is 366 g/mol. The maximum absolute atomic E-state index is 12.2. The Morgan fingerprint density at radius 1 is 1.30 bits per heavy atom. The molecule has 1 atom stereocenters. The van der Waals surface area contributed by atoms with Crippen LogP contribution in [-0.4, -0.2) is 38.9 Å². The first kappa shape index (κ1) is 17.4. The second kappa shape index (κ2) is 8.13. The van der Waals surface area contributed by atoms with E-state index in [1.165, 1.54) is 0 Å². The molecule has 2 N–H and O–H groups in total. The summed E-state index contributed by atoms with van der Waals surface area (Å²) < 4.78 is 6.91. The number of nitrogens with one attached hydrogen (secondary N) is 2. The fraction of sp³-hybridized carbons (Fsp3) is 0.368. The van der Waals surface area contributed by atoms with Gasteiger partial charge in [-0.2, -0.15) is 10.1 Å². The Labute approximate surface area is 157 Å². The van der Waals surface area contributed by atoms with Gasteiger partial charge < -0.3 is 15.2 Å². The van der Waals surface area contributed by atoms with E-state index in [-0.39, 0.29) is 19.0 Å². The highest BCUT2D eigenvalue weighted by molar-refractivity contribution is 5.75. The number of rotatable bonds is 6. The zero-order valence-electron chi connectivity index (χ0n) is 15.0. The van der Waals surface area contributed by atoms with Crippen molar-refractivity contribution in [3.8, 4) is 11.5 Å². The molecule has 0 bridgehead atoms. The number of hydrogen-bond acceptors (Lipinski definition) is 6. The largest absolute Gasteiger partial charge is 0.347 e. The molecule has 8 heteroatoms. The highest BCUT2D eigenvalue weighted by Crippen LogP contribution is 2.21. The molecular formula is C19H22N6O2. The molecule has 1 fully saturated rings. The number of hydrogen-bond donors (Lipinski definition) is 2. The topological polar surface area (TPSA) is 97.9 Å². The summed E-state index contributed by atoms with van der Waals surface area (Å²) >= 11 is 0. The zero-order valence-corrected chi connectivity index (χ0v) is 15.0. The van der Waals surface area contributed by atoms with E-state index in [0.29, 0.717) is 17.6 Å².